The minimum atomic E-state index is -0.670. The highest BCUT2D eigenvalue weighted by molar-refractivity contribution is 6.01. The number of para-hydroxylation sites is 1. The molecule has 1 amide bonds. The van der Waals surface area contributed by atoms with E-state index < -0.39 is 17.4 Å². The third-order valence-electron chi connectivity index (χ3n) is 4.12. The molecule has 24 heavy (non-hydrogen) atoms. The third kappa shape index (κ3) is 2.34. The minimum Gasteiger partial charge on any atom is -0.361 e. The Labute approximate surface area is 138 Å². The summed E-state index contributed by atoms with van der Waals surface area (Å²) in [7, 11) is 2.99. The fourth-order valence-electron chi connectivity index (χ4n) is 2.89. The molecule has 3 rings (SSSR count). The van der Waals surface area contributed by atoms with Crippen molar-refractivity contribution < 1.29 is 4.79 Å². The van der Waals surface area contributed by atoms with Crippen molar-refractivity contribution in [2.24, 2.45) is 14.1 Å². The molecule has 1 aliphatic heterocycles. The predicted octanol–water partition coefficient (Wildman–Crippen LogP) is 0.837. The molecule has 0 fully saturated rings. The minimum absolute atomic E-state index is 0.190. The molecule has 0 spiro atoms. The fourth-order valence-corrected chi connectivity index (χ4v) is 2.89. The van der Waals surface area contributed by atoms with Gasteiger partial charge in [0.2, 0.25) is 0 Å². The van der Waals surface area contributed by atoms with Crippen LogP contribution < -0.4 is 16.6 Å². The molecule has 1 unspecified atom stereocenters. The molecule has 1 N–H and O–H groups in total. The van der Waals surface area contributed by atoms with Gasteiger partial charge in [-0.25, -0.2) is 4.79 Å². The van der Waals surface area contributed by atoms with Gasteiger partial charge in [0.15, 0.2) is 0 Å². The Bertz CT molecular complexity index is 942. The zero-order valence-corrected chi connectivity index (χ0v) is 13.5. The van der Waals surface area contributed by atoms with Gasteiger partial charge in [0.05, 0.1) is 11.1 Å². The molecular formula is C17H18N4O3. The average Bonchev–Trinajstić information content (AvgIpc) is 2.59. The summed E-state index contributed by atoms with van der Waals surface area (Å²) in [6.45, 7) is 3.96. The highest BCUT2D eigenvalue weighted by Crippen LogP contribution is 2.31. The first-order valence-corrected chi connectivity index (χ1v) is 7.49. The Morgan fingerprint density at radius 2 is 1.92 bits per heavy atom. The number of aromatic nitrogens is 2. The van der Waals surface area contributed by atoms with Crippen molar-refractivity contribution in [1.82, 2.24) is 14.0 Å². The van der Waals surface area contributed by atoms with Gasteiger partial charge in [-0.3, -0.25) is 14.2 Å². The molecule has 0 saturated heterocycles. The predicted molar refractivity (Wildman–Crippen MR) is 91.0 cm³/mol. The number of hydrogen-bond donors (Lipinski definition) is 1. The zero-order chi connectivity index (χ0) is 17.4. The van der Waals surface area contributed by atoms with Gasteiger partial charge in [0.1, 0.15) is 6.17 Å². The van der Waals surface area contributed by atoms with Crippen LogP contribution in [-0.4, -0.2) is 26.5 Å². The number of amides is 1. The molecule has 2 aromatic rings. The van der Waals surface area contributed by atoms with Crippen molar-refractivity contribution in [2.75, 3.05) is 11.9 Å². The maximum atomic E-state index is 12.8. The largest absolute Gasteiger partial charge is 0.361 e. The van der Waals surface area contributed by atoms with Gasteiger partial charge >= 0.3 is 5.69 Å². The normalized spacial score (nSPS) is 16.5. The Morgan fingerprint density at radius 1 is 1.21 bits per heavy atom. The summed E-state index contributed by atoms with van der Waals surface area (Å²) >= 11 is 0. The molecule has 0 aliphatic carbocycles. The van der Waals surface area contributed by atoms with Crippen LogP contribution in [-0.2, 0) is 14.1 Å². The van der Waals surface area contributed by atoms with E-state index in [0.717, 1.165) is 4.57 Å². The molecule has 0 saturated carbocycles. The van der Waals surface area contributed by atoms with Crippen LogP contribution in [0.5, 0.6) is 0 Å². The van der Waals surface area contributed by atoms with Crippen LogP contribution in [0.25, 0.3) is 0 Å². The highest BCUT2D eigenvalue weighted by Gasteiger charge is 2.34. The molecule has 1 aromatic carbocycles. The van der Waals surface area contributed by atoms with E-state index in [1.165, 1.54) is 22.7 Å². The van der Waals surface area contributed by atoms with E-state index in [1.807, 2.05) is 6.07 Å². The van der Waals surface area contributed by atoms with Gasteiger partial charge in [-0.15, -0.1) is 6.58 Å². The van der Waals surface area contributed by atoms with Crippen molar-refractivity contribution in [3.63, 3.8) is 0 Å². The topological polar surface area (TPSA) is 76.3 Å². The highest BCUT2D eigenvalue weighted by atomic mass is 16.2. The van der Waals surface area contributed by atoms with Crippen molar-refractivity contribution in [3.8, 4) is 0 Å². The Balaban J connectivity index is 2.20. The number of benzene rings is 1. The fraction of sp³-hybridized carbons (Fsp3) is 0.235. The zero-order valence-electron chi connectivity index (χ0n) is 13.5. The number of carbonyl (C=O) groups is 1. The Morgan fingerprint density at radius 3 is 2.62 bits per heavy atom. The van der Waals surface area contributed by atoms with Crippen LogP contribution in [0.3, 0.4) is 0 Å². The van der Waals surface area contributed by atoms with Gasteiger partial charge in [-0.05, 0) is 12.1 Å². The van der Waals surface area contributed by atoms with E-state index in [2.05, 4.69) is 11.9 Å². The summed E-state index contributed by atoms with van der Waals surface area (Å²) in [5.41, 5.74) is 0.670. The van der Waals surface area contributed by atoms with Crippen LogP contribution in [0.4, 0.5) is 5.69 Å². The van der Waals surface area contributed by atoms with Crippen molar-refractivity contribution >= 4 is 11.6 Å². The lowest BCUT2D eigenvalue weighted by molar-refractivity contribution is 0.0705. The monoisotopic (exact) mass is 326 g/mol. The second-order valence-electron chi connectivity index (χ2n) is 5.68. The van der Waals surface area contributed by atoms with E-state index >= 15 is 0 Å². The van der Waals surface area contributed by atoms with Gasteiger partial charge in [-0.1, -0.05) is 18.2 Å². The summed E-state index contributed by atoms with van der Waals surface area (Å²) in [4.78, 5) is 38.8. The Hall–Kier alpha value is -3.09. The quantitative estimate of drug-likeness (QED) is 0.848. The Kier molecular flexibility index (Phi) is 3.84. The number of rotatable bonds is 3. The molecular weight excluding hydrogens is 308 g/mol. The third-order valence-corrected chi connectivity index (χ3v) is 4.12. The second-order valence-corrected chi connectivity index (χ2v) is 5.68. The first-order valence-electron chi connectivity index (χ1n) is 7.49. The lowest BCUT2D eigenvalue weighted by Crippen LogP contribution is -2.48. The van der Waals surface area contributed by atoms with Gasteiger partial charge in [-0.2, -0.15) is 0 Å². The first-order chi connectivity index (χ1) is 11.5. The van der Waals surface area contributed by atoms with Gasteiger partial charge in [0.25, 0.3) is 11.5 Å². The summed E-state index contributed by atoms with van der Waals surface area (Å²) in [6.07, 6.45) is 2.41. The van der Waals surface area contributed by atoms with Crippen LogP contribution in [0, 0.1) is 0 Å². The number of nitrogens with zero attached hydrogens (tertiary/aromatic N) is 3. The lowest BCUT2D eigenvalue weighted by atomic mass is 10.0. The SMILES string of the molecule is C=CCN1C(=O)c2ccccc2NC1c1cn(C)c(=O)n(C)c1=O. The molecule has 124 valence electrons. The number of anilines is 1. The number of fused-ring (bicyclic) bond motifs is 1. The van der Waals surface area contributed by atoms with Crippen molar-refractivity contribution in [1.29, 1.82) is 0 Å². The summed E-state index contributed by atoms with van der Waals surface area (Å²) in [5.74, 6) is -0.190. The van der Waals surface area contributed by atoms with Crippen LogP contribution in [0.2, 0.25) is 0 Å². The maximum absolute atomic E-state index is 12.8. The van der Waals surface area contributed by atoms with Crippen LogP contribution in [0.15, 0.2) is 52.7 Å². The van der Waals surface area contributed by atoms with E-state index in [-0.39, 0.29) is 12.5 Å². The number of hydrogen-bond acceptors (Lipinski definition) is 4. The first kappa shape index (κ1) is 15.8. The molecule has 1 aliphatic rings. The van der Waals surface area contributed by atoms with Crippen LogP contribution in [0.1, 0.15) is 22.1 Å². The number of nitrogens with one attached hydrogen (secondary N) is 1. The maximum Gasteiger partial charge on any atom is 0.330 e. The lowest BCUT2D eigenvalue weighted by Gasteiger charge is -2.37. The van der Waals surface area contributed by atoms with Crippen LogP contribution >= 0.6 is 0 Å². The molecule has 0 bridgehead atoms. The smallest absolute Gasteiger partial charge is 0.330 e. The molecule has 1 atom stereocenters. The molecule has 1 aromatic heterocycles. The molecule has 7 heteroatoms. The van der Waals surface area contributed by atoms with E-state index in [9.17, 15) is 14.4 Å². The van der Waals surface area contributed by atoms with Gasteiger partial charge < -0.3 is 14.8 Å². The number of aryl methyl sites for hydroxylation is 1. The molecule has 7 nitrogen and oxygen atoms in total. The van der Waals surface area contributed by atoms with E-state index in [1.54, 1.807) is 31.3 Å². The molecule has 0 radical (unpaired) electrons. The standard InChI is InChI=1S/C17H18N4O3/c1-4-9-21-14(12-10-19(2)17(24)20(3)15(12)22)18-13-8-6-5-7-11(13)16(21)23/h4-8,10,14,18H,1,9H2,2-3H3. The van der Waals surface area contributed by atoms with E-state index in [4.69, 9.17) is 0 Å². The van der Waals surface area contributed by atoms with Gasteiger partial charge in [0, 0.05) is 32.5 Å². The second kappa shape index (κ2) is 5.84. The van der Waals surface area contributed by atoms with Crippen molar-refractivity contribution in [3.05, 3.63) is 75.1 Å². The van der Waals surface area contributed by atoms with Crippen molar-refractivity contribution in [2.45, 2.75) is 6.17 Å². The molecule has 2 heterocycles. The average molecular weight is 326 g/mol. The van der Waals surface area contributed by atoms with E-state index in [0.29, 0.717) is 16.8 Å². The summed E-state index contributed by atoms with van der Waals surface area (Å²) < 4.78 is 2.36. The summed E-state index contributed by atoms with van der Waals surface area (Å²) in [6, 6.07) is 7.13. The summed E-state index contributed by atoms with van der Waals surface area (Å²) in [5, 5.41) is 3.22. The number of carbonyl (C=O) groups excluding carboxylic acids is 1.